The van der Waals surface area contributed by atoms with Crippen molar-refractivity contribution in [3.63, 3.8) is 0 Å². The monoisotopic (exact) mass is 229 g/mol. The number of nitrogens with zero attached hydrogens (tertiary/aromatic N) is 3. The fourth-order valence-electron chi connectivity index (χ4n) is 0.962. The van der Waals surface area contributed by atoms with Crippen molar-refractivity contribution < 1.29 is 4.39 Å². The van der Waals surface area contributed by atoms with Crippen LogP contribution in [0, 0.1) is 12.7 Å². The van der Waals surface area contributed by atoms with Gasteiger partial charge in [0.25, 0.3) is 0 Å². The first-order valence-corrected chi connectivity index (χ1v) is 5.09. The smallest absolute Gasteiger partial charge is 0.181 e. The number of thiazole rings is 1. The van der Waals surface area contributed by atoms with Crippen molar-refractivity contribution in [1.82, 2.24) is 15.0 Å². The van der Waals surface area contributed by atoms with E-state index in [2.05, 4.69) is 15.0 Å². The summed E-state index contributed by atoms with van der Waals surface area (Å²) in [6, 6.07) is 0. The zero-order valence-corrected chi connectivity index (χ0v) is 8.73. The Morgan fingerprint density at radius 1 is 1.43 bits per heavy atom. The van der Waals surface area contributed by atoms with Gasteiger partial charge in [-0.1, -0.05) is 11.6 Å². The summed E-state index contributed by atoms with van der Waals surface area (Å²) in [5, 5.41) is 1.61. The highest BCUT2D eigenvalue weighted by molar-refractivity contribution is 7.07. The number of aryl methyl sites for hydroxylation is 1. The predicted octanol–water partition coefficient (Wildman–Crippen LogP) is 2.70. The summed E-state index contributed by atoms with van der Waals surface area (Å²) >= 11 is 7.01. The molecular weight excluding hydrogens is 225 g/mol. The number of aromatic nitrogens is 3. The summed E-state index contributed by atoms with van der Waals surface area (Å²) in [6.07, 6.45) is 0. The molecule has 0 radical (unpaired) electrons. The van der Waals surface area contributed by atoms with E-state index in [0.717, 1.165) is 0 Å². The van der Waals surface area contributed by atoms with Gasteiger partial charge in [0.05, 0.1) is 11.2 Å². The second kappa shape index (κ2) is 3.59. The van der Waals surface area contributed by atoms with E-state index in [1.54, 1.807) is 17.8 Å². The lowest BCUT2D eigenvalue weighted by molar-refractivity contribution is 0.603. The first-order chi connectivity index (χ1) is 6.68. The quantitative estimate of drug-likeness (QED) is 0.706. The van der Waals surface area contributed by atoms with E-state index in [-0.39, 0.29) is 10.8 Å². The zero-order valence-electron chi connectivity index (χ0n) is 7.16. The van der Waals surface area contributed by atoms with Crippen LogP contribution in [0.5, 0.6) is 0 Å². The average Bonchev–Trinajstić information content (AvgIpc) is 2.66. The van der Waals surface area contributed by atoms with E-state index in [9.17, 15) is 4.39 Å². The number of hydrogen-bond acceptors (Lipinski definition) is 4. The van der Waals surface area contributed by atoms with Gasteiger partial charge in [-0.2, -0.15) is 0 Å². The van der Waals surface area contributed by atoms with Crippen molar-refractivity contribution in [3.05, 3.63) is 27.6 Å². The third-order valence-electron chi connectivity index (χ3n) is 1.64. The molecule has 72 valence electrons. The molecule has 0 spiro atoms. The molecule has 0 amide bonds. The van der Waals surface area contributed by atoms with Crippen LogP contribution in [0.3, 0.4) is 0 Å². The molecule has 0 atom stereocenters. The van der Waals surface area contributed by atoms with Crippen LogP contribution in [-0.2, 0) is 0 Å². The summed E-state index contributed by atoms with van der Waals surface area (Å²) in [5.74, 6) is -0.221. The fourth-order valence-corrected chi connectivity index (χ4v) is 1.71. The molecule has 0 aliphatic carbocycles. The van der Waals surface area contributed by atoms with Gasteiger partial charge < -0.3 is 0 Å². The molecule has 6 heteroatoms. The number of rotatable bonds is 1. The van der Waals surface area contributed by atoms with Gasteiger partial charge in [-0.3, -0.25) is 0 Å². The maximum atomic E-state index is 13.1. The second-order valence-corrected chi connectivity index (χ2v) is 3.69. The average molecular weight is 230 g/mol. The van der Waals surface area contributed by atoms with Gasteiger partial charge in [0.1, 0.15) is 5.69 Å². The van der Waals surface area contributed by atoms with Crippen LogP contribution < -0.4 is 0 Å². The summed E-state index contributed by atoms with van der Waals surface area (Å²) in [6.45, 7) is 1.54. The van der Waals surface area contributed by atoms with Crippen molar-refractivity contribution in [2.75, 3.05) is 0 Å². The van der Waals surface area contributed by atoms with Crippen LogP contribution in [0.1, 0.15) is 5.69 Å². The lowest BCUT2D eigenvalue weighted by atomic mass is 10.4. The van der Waals surface area contributed by atoms with E-state index in [1.165, 1.54) is 11.3 Å². The molecule has 2 rings (SSSR count). The number of hydrogen-bond donors (Lipinski definition) is 0. The summed E-state index contributed by atoms with van der Waals surface area (Å²) in [5.41, 5.74) is 2.50. The topological polar surface area (TPSA) is 38.7 Å². The minimum Gasteiger partial charge on any atom is -0.241 e. The Balaban J connectivity index is 2.57. The van der Waals surface area contributed by atoms with Crippen LogP contribution in [0.2, 0.25) is 5.15 Å². The standard InChI is InChI=1S/C8H5ClFN3S/c1-4-6(10)7(9)13-8(12-4)5-2-14-3-11-5/h2-3H,1H3. The molecule has 2 heterocycles. The van der Waals surface area contributed by atoms with Crippen LogP contribution in [0.25, 0.3) is 11.5 Å². The maximum Gasteiger partial charge on any atom is 0.181 e. The molecular formula is C8H5ClFN3S. The first kappa shape index (κ1) is 9.48. The van der Waals surface area contributed by atoms with E-state index in [0.29, 0.717) is 11.5 Å². The molecule has 0 aliphatic heterocycles. The molecule has 0 saturated heterocycles. The molecule has 3 nitrogen and oxygen atoms in total. The lowest BCUT2D eigenvalue weighted by Gasteiger charge is -2.00. The Bertz CT molecular complexity index is 435. The SMILES string of the molecule is Cc1nc(-c2cscn2)nc(Cl)c1F. The normalized spacial score (nSPS) is 10.5. The van der Waals surface area contributed by atoms with Gasteiger partial charge in [-0.05, 0) is 6.92 Å². The van der Waals surface area contributed by atoms with Crippen LogP contribution in [0.4, 0.5) is 4.39 Å². The van der Waals surface area contributed by atoms with Gasteiger partial charge in [0.2, 0.25) is 0 Å². The van der Waals surface area contributed by atoms with Crippen LogP contribution in [0.15, 0.2) is 10.9 Å². The fraction of sp³-hybridized carbons (Fsp3) is 0.125. The highest BCUT2D eigenvalue weighted by Crippen LogP contribution is 2.20. The van der Waals surface area contributed by atoms with E-state index < -0.39 is 5.82 Å². The highest BCUT2D eigenvalue weighted by atomic mass is 35.5. The molecule has 0 aliphatic rings. The van der Waals surface area contributed by atoms with Crippen molar-refractivity contribution in [2.45, 2.75) is 6.92 Å². The minimum absolute atomic E-state index is 0.166. The van der Waals surface area contributed by atoms with E-state index in [1.807, 2.05) is 0 Å². The van der Waals surface area contributed by atoms with E-state index >= 15 is 0 Å². The Kier molecular flexibility index (Phi) is 2.43. The third-order valence-corrected chi connectivity index (χ3v) is 2.47. The molecule has 2 aromatic rings. The molecule has 14 heavy (non-hydrogen) atoms. The minimum atomic E-state index is -0.578. The van der Waals surface area contributed by atoms with Crippen molar-refractivity contribution >= 4 is 22.9 Å². The molecule has 2 aromatic heterocycles. The summed E-state index contributed by atoms with van der Waals surface area (Å²) in [4.78, 5) is 11.8. The molecule has 0 unspecified atom stereocenters. The maximum absolute atomic E-state index is 13.1. The van der Waals surface area contributed by atoms with Crippen molar-refractivity contribution in [2.24, 2.45) is 0 Å². The van der Waals surface area contributed by atoms with Gasteiger partial charge in [-0.25, -0.2) is 19.3 Å². The Morgan fingerprint density at radius 3 is 2.79 bits per heavy atom. The first-order valence-electron chi connectivity index (χ1n) is 3.76. The molecule has 0 aromatic carbocycles. The molecule has 0 saturated carbocycles. The Labute approximate surface area is 88.6 Å². The highest BCUT2D eigenvalue weighted by Gasteiger charge is 2.11. The van der Waals surface area contributed by atoms with Crippen molar-refractivity contribution in [3.8, 4) is 11.5 Å². The van der Waals surface area contributed by atoms with Gasteiger partial charge in [0.15, 0.2) is 16.8 Å². The Morgan fingerprint density at radius 2 is 2.21 bits per heavy atom. The van der Waals surface area contributed by atoms with E-state index in [4.69, 9.17) is 11.6 Å². The molecule has 0 bridgehead atoms. The second-order valence-electron chi connectivity index (χ2n) is 2.61. The molecule has 0 N–H and O–H groups in total. The molecule has 0 fully saturated rings. The van der Waals surface area contributed by atoms with Crippen LogP contribution >= 0.6 is 22.9 Å². The predicted molar refractivity (Wildman–Crippen MR) is 52.8 cm³/mol. The van der Waals surface area contributed by atoms with Crippen molar-refractivity contribution in [1.29, 1.82) is 0 Å². The lowest BCUT2D eigenvalue weighted by Crippen LogP contribution is -1.97. The number of halogens is 2. The van der Waals surface area contributed by atoms with Crippen LogP contribution in [-0.4, -0.2) is 15.0 Å². The largest absolute Gasteiger partial charge is 0.241 e. The van der Waals surface area contributed by atoms with Gasteiger partial charge in [-0.15, -0.1) is 11.3 Å². The zero-order chi connectivity index (χ0) is 10.1. The van der Waals surface area contributed by atoms with Gasteiger partial charge >= 0.3 is 0 Å². The van der Waals surface area contributed by atoms with Gasteiger partial charge in [0, 0.05) is 5.38 Å². The summed E-state index contributed by atoms with van der Waals surface area (Å²) < 4.78 is 13.1. The Hall–Kier alpha value is -1.07. The summed E-state index contributed by atoms with van der Waals surface area (Å²) in [7, 11) is 0. The third kappa shape index (κ3) is 1.60.